The largest absolute Gasteiger partial charge is 0.298 e. The standard InChI is InChI=1S/C17H11N3OS2/c18-11-12-3-5-13(6-4-12)15(10-14-2-1-8-22-14)16(21)20-17-19-7-9-23-17/h1-10H,(H,19,20,21). The van der Waals surface area contributed by atoms with E-state index in [0.717, 1.165) is 10.4 Å². The fourth-order valence-corrected chi connectivity index (χ4v) is 3.15. The van der Waals surface area contributed by atoms with E-state index >= 15 is 0 Å². The number of aromatic nitrogens is 1. The topological polar surface area (TPSA) is 65.8 Å². The number of hydrogen-bond donors (Lipinski definition) is 1. The average Bonchev–Trinajstić information content (AvgIpc) is 3.26. The van der Waals surface area contributed by atoms with Crippen molar-refractivity contribution in [2.75, 3.05) is 5.32 Å². The van der Waals surface area contributed by atoms with Gasteiger partial charge in [0, 0.05) is 22.0 Å². The summed E-state index contributed by atoms with van der Waals surface area (Å²) in [6, 6.07) is 12.9. The summed E-state index contributed by atoms with van der Waals surface area (Å²) in [6.45, 7) is 0. The Morgan fingerprint density at radius 3 is 2.61 bits per heavy atom. The second-order valence-electron chi connectivity index (χ2n) is 4.55. The predicted molar refractivity (Wildman–Crippen MR) is 94.1 cm³/mol. The minimum absolute atomic E-state index is 0.224. The van der Waals surface area contributed by atoms with E-state index in [1.807, 2.05) is 23.6 Å². The highest BCUT2D eigenvalue weighted by Gasteiger charge is 2.14. The van der Waals surface area contributed by atoms with Crippen LogP contribution in [-0.4, -0.2) is 10.9 Å². The summed E-state index contributed by atoms with van der Waals surface area (Å²) in [5.74, 6) is -0.224. The molecule has 0 radical (unpaired) electrons. The van der Waals surface area contributed by atoms with Crippen LogP contribution in [0.4, 0.5) is 5.13 Å². The number of thiazole rings is 1. The summed E-state index contributed by atoms with van der Waals surface area (Å²) >= 11 is 2.92. The van der Waals surface area contributed by atoms with Crippen molar-refractivity contribution < 1.29 is 4.79 Å². The van der Waals surface area contributed by atoms with Crippen LogP contribution >= 0.6 is 22.7 Å². The molecule has 0 aliphatic rings. The van der Waals surface area contributed by atoms with Crippen LogP contribution in [0, 0.1) is 11.3 Å². The number of anilines is 1. The SMILES string of the molecule is N#Cc1ccc(C(=Cc2cccs2)C(=O)Nc2nccs2)cc1. The van der Waals surface area contributed by atoms with Crippen LogP contribution in [0.2, 0.25) is 0 Å². The minimum Gasteiger partial charge on any atom is -0.298 e. The van der Waals surface area contributed by atoms with E-state index in [2.05, 4.69) is 16.4 Å². The maximum absolute atomic E-state index is 12.6. The Morgan fingerprint density at radius 1 is 1.17 bits per heavy atom. The Balaban J connectivity index is 1.96. The molecule has 0 aliphatic heterocycles. The van der Waals surface area contributed by atoms with Crippen molar-refractivity contribution in [2.24, 2.45) is 0 Å². The zero-order chi connectivity index (χ0) is 16.1. The third-order valence-electron chi connectivity index (χ3n) is 3.05. The van der Waals surface area contributed by atoms with Gasteiger partial charge in [-0.1, -0.05) is 18.2 Å². The van der Waals surface area contributed by atoms with E-state index in [9.17, 15) is 4.79 Å². The first kappa shape index (κ1) is 15.2. The van der Waals surface area contributed by atoms with Crippen LogP contribution in [0.1, 0.15) is 16.0 Å². The highest BCUT2D eigenvalue weighted by Crippen LogP contribution is 2.23. The third kappa shape index (κ3) is 3.72. The summed E-state index contributed by atoms with van der Waals surface area (Å²) in [6.07, 6.45) is 3.49. The van der Waals surface area contributed by atoms with E-state index in [1.54, 1.807) is 47.2 Å². The molecule has 23 heavy (non-hydrogen) atoms. The van der Waals surface area contributed by atoms with Crippen LogP contribution < -0.4 is 5.32 Å². The number of rotatable bonds is 4. The van der Waals surface area contributed by atoms with Crippen molar-refractivity contribution >= 4 is 45.4 Å². The minimum atomic E-state index is -0.224. The van der Waals surface area contributed by atoms with E-state index in [0.29, 0.717) is 16.3 Å². The monoisotopic (exact) mass is 337 g/mol. The van der Waals surface area contributed by atoms with E-state index in [1.165, 1.54) is 11.3 Å². The van der Waals surface area contributed by atoms with Crippen molar-refractivity contribution in [3.05, 3.63) is 69.4 Å². The molecular weight excluding hydrogens is 326 g/mol. The highest BCUT2D eigenvalue weighted by molar-refractivity contribution is 7.13. The zero-order valence-corrected chi connectivity index (χ0v) is 13.5. The van der Waals surface area contributed by atoms with Crippen LogP contribution in [0.15, 0.2) is 53.4 Å². The molecule has 2 aromatic heterocycles. The van der Waals surface area contributed by atoms with Crippen LogP contribution in [0.5, 0.6) is 0 Å². The van der Waals surface area contributed by atoms with Crippen LogP contribution in [0.25, 0.3) is 11.6 Å². The Hall–Kier alpha value is -2.75. The molecule has 0 aliphatic carbocycles. The van der Waals surface area contributed by atoms with Gasteiger partial charge in [-0.2, -0.15) is 5.26 Å². The number of nitriles is 1. The fraction of sp³-hybridized carbons (Fsp3) is 0. The predicted octanol–water partition coefficient (Wildman–Crippen LogP) is 4.26. The lowest BCUT2D eigenvalue weighted by Crippen LogP contribution is -2.13. The van der Waals surface area contributed by atoms with Gasteiger partial charge >= 0.3 is 0 Å². The maximum atomic E-state index is 12.6. The molecule has 0 saturated heterocycles. The van der Waals surface area contributed by atoms with Crippen molar-refractivity contribution in [3.8, 4) is 6.07 Å². The summed E-state index contributed by atoms with van der Waals surface area (Å²) in [4.78, 5) is 17.7. The summed E-state index contributed by atoms with van der Waals surface area (Å²) in [7, 11) is 0. The van der Waals surface area contributed by atoms with Gasteiger partial charge in [-0.25, -0.2) is 4.98 Å². The number of nitrogens with zero attached hydrogens (tertiary/aromatic N) is 2. The lowest BCUT2D eigenvalue weighted by molar-refractivity contribution is -0.111. The first-order valence-electron chi connectivity index (χ1n) is 6.73. The summed E-state index contributed by atoms with van der Waals surface area (Å²) in [5.41, 5.74) is 1.85. The third-order valence-corrected chi connectivity index (χ3v) is 4.56. The molecule has 1 N–H and O–H groups in total. The Labute approximate surface area is 141 Å². The van der Waals surface area contributed by atoms with Gasteiger partial charge < -0.3 is 0 Å². The second-order valence-corrected chi connectivity index (χ2v) is 6.43. The molecule has 6 heteroatoms. The highest BCUT2D eigenvalue weighted by atomic mass is 32.1. The van der Waals surface area contributed by atoms with Gasteiger partial charge in [-0.15, -0.1) is 22.7 Å². The van der Waals surface area contributed by atoms with Gasteiger partial charge in [0.15, 0.2) is 5.13 Å². The average molecular weight is 337 g/mol. The number of amides is 1. The number of carbonyl (C=O) groups excluding carboxylic acids is 1. The lowest BCUT2D eigenvalue weighted by atomic mass is 10.0. The van der Waals surface area contributed by atoms with Crippen molar-refractivity contribution in [3.63, 3.8) is 0 Å². The second kappa shape index (κ2) is 7.01. The number of thiophene rings is 1. The van der Waals surface area contributed by atoms with Gasteiger partial charge in [0.25, 0.3) is 5.91 Å². The van der Waals surface area contributed by atoms with Crippen molar-refractivity contribution in [1.82, 2.24) is 4.98 Å². The Kier molecular flexibility index (Phi) is 4.62. The molecule has 0 fully saturated rings. The Morgan fingerprint density at radius 2 is 2.00 bits per heavy atom. The van der Waals surface area contributed by atoms with E-state index < -0.39 is 0 Å². The number of hydrogen-bond acceptors (Lipinski definition) is 5. The van der Waals surface area contributed by atoms with Crippen LogP contribution in [-0.2, 0) is 4.79 Å². The van der Waals surface area contributed by atoms with Crippen molar-refractivity contribution in [1.29, 1.82) is 5.26 Å². The molecule has 1 amide bonds. The number of carbonyl (C=O) groups is 1. The molecule has 0 unspecified atom stereocenters. The number of benzene rings is 1. The quantitative estimate of drug-likeness (QED) is 0.724. The molecular formula is C17H11N3OS2. The van der Waals surface area contributed by atoms with Crippen molar-refractivity contribution in [2.45, 2.75) is 0 Å². The molecule has 112 valence electrons. The first-order valence-corrected chi connectivity index (χ1v) is 8.49. The molecule has 4 nitrogen and oxygen atoms in total. The molecule has 3 aromatic rings. The van der Waals surface area contributed by atoms with Gasteiger partial charge in [-0.05, 0) is 35.2 Å². The van der Waals surface area contributed by atoms with Gasteiger partial charge in [-0.3, -0.25) is 10.1 Å². The van der Waals surface area contributed by atoms with E-state index in [-0.39, 0.29) is 5.91 Å². The maximum Gasteiger partial charge on any atom is 0.258 e. The lowest BCUT2D eigenvalue weighted by Gasteiger charge is -2.07. The molecule has 2 heterocycles. The molecule has 3 rings (SSSR count). The molecule has 0 bridgehead atoms. The Bertz CT molecular complexity index is 858. The molecule has 0 spiro atoms. The number of nitrogens with one attached hydrogen (secondary N) is 1. The smallest absolute Gasteiger partial charge is 0.258 e. The normalized spacial score (nSPS) is 11.0. The zero-order valence-electron chi connectivity index (χ0n) is 11.9. The summed E-state index contributed by atoms with van der Waals surface area (Å²) in [5, 5.41) is 16.0. The van der Waals surface area contributed by atoms with E-state index in [4.69, 9.17) is 5.26 Å². The first-order chi connectivity index (χ1) is 11.3. The van der Waals surface area contributed by atoms with Gasteiger partial charge in [0.2, 0.25) is 0 Å². The molecule has 1 aromatic carbocycles. The molecule has 0 saturated carbocycles. The molecule has 0 atom stereocenters. The van der Waals surface area contributed by atoms with Gasteiger partial charge in [0.1, 0.15) is 0 Å². The fourth-order valence-electron chi connectivity index (χ4n) is 1.97. The van der Waals surface area contributed by atoms with Gasteiger partial charge in [0.05, 0.1) is 11.6 Å². The summed E-state index contributed by atoms with van der Waals surface area (Å²) < 4.78 is 0. The van der Waals surface area contributed by atoms with Crippen LogP contribution in [0.3, 0.4) is 0 Å².